The van der Waals surface area contributed by atoms with E-state index in [2.05, 4.69) is 135 Å². The quantitative estimate of drug-likeness (QED) is 0.0306. The summed E-state index contributed by atoms with van der Waals surface area (Å²) in [5.41, 5.74) is 5.47. The minimum Gasteiger partial charge on any atom is -0.491 e. The van der Waals surface area contributed by atoms with E-state index in [1.807, 2.05) is 75.4 Å². The second kappa shape index (κ2) is 39.0. The number of benzene rings is 5. The number of para-hydroxylation sites is 1. The Balaban J connectivity index is 0.000000150. The summed E-state index contributed by atoms with van der Waals surface area (Å²) in [6.07, 6.45) is 26.9. The maximum atomic E-state index is 6.41. The second-order valence-electron chi connectivity index (χ2n) is 30.1. The van der Waals surface area contributed by atoms with E-state index in [0.29, 0.717) is 62.3 Å². The topological polar surface area (TPSA) is 92.3 Å². The molecule has 5 aromatic carbocycles. The highest BCUT2D eigenvalue weighted by Crippen LogP contribution is 2.58. The summed E-state index contributed by atoms with van der Waals surface area (Å²) >= 11 is 0. The molecule has 8 unspecified atom stereocenters. The van der Waals surface area contributed by atoms with Crippen molar-refractivity contribution in [3.8, 4) is 28.7 Å². The molecule has 9 fully saturated rings. The van der Waals surface area contributed by atoms with Crippen molar-refractivity contribution in [1.82, 2.24) is 0 Å². The highest BCUT2D eigenvalue weighted by Gasteiger charge is 2.50. The van der Waals surface area contributed by atoms with Gasteiger partial charge in [0.2, 0.25) is 0 Å². The smallest absolute Gasteiger partial charge is 0.197 e. The molecule has 530 valence electrons. The lowest BCUT2D eigenvalue weighted by molar-refractivity contribution is -0.191. The summed E-state index contributed by atoms with van der Waals surface area (Å²) in [5.74, 6) is 15.4. The molecular formula is C86H126O10. The molecule has 5 aromatic rings. The van der Waals surface area contributed by atoms with Crippen molar-refractivity contribution < 1.29 is 47.4 Å². The molecule has 10 heteroatoms. The molecule has 0 aromatic heterocycles. The van der Waals surface area contributed by atoms with E-state index in [1.54, 1.807) is 0 Å². The molecule has 0 N–H and O–H groups in total. The Kier molecular flexibility index (Phi) is 30.5. The first-order valence-electron chi connectivity index (χ1n) is 38.5. The third-order valence-corrected chi connectivity index (χ3v) is 23.0. The maximum absolute atomic E-state index is 6.41. The largest absolute Gasteiger partial charge is 0.491 e. The lowest BCUT2D eigenvalue weighted by Gasteiger charge is -2.54. The summed E-state index contributed by atoms with van der Waals surface area (Å²) in [6.45, 7) is 28.9. The average molecular weight is 1320 g/mol. The molecule has 9 aliphatic carbocycles. The van der Waals surface area contributed by atoms with Gasteiger partial charge in [0.1, 0.15) is 35.4 Å². The summed E-state index contributed by atoms with van der Waals surface area (Å²) in [4.78, 5) is 0. The minimum atomic E-state index is -0.302. The third-order valence-electron chi connectivity index (χ3n) is 23.0. The van der Waals surface area contributed by atoms with Gasteiger partial charge in [-0.1, -0.05) is 141 Å². The van der Waals surface area contributed by atoms with Crippen molar-refractivity contribution in [2.24, 2.45) is 53.3 Å². The number of ether oxygens (including phenoxy) is 10. The van der Waals surface area contributed by atoms with Crippen LogP contribution >= 0.6 is 0 Å². The molecule has 0 heterocycles. The van der Waals surface area contributed by atoms with Crippen LogP contribution < -0.4 is 23.7 Å². The zero-order chi connectivity index (χ0) is 67.8. The molecule has 9 saturated carbocycles. The predicted octanol–water partition coefficient (Wildman–Crippen LogP) is 22.5. The fourth-order valence-electron chi connectivity index (χ4n) is 17.1. The first kappa shape index (κ1) is 75.1. The Morgan fingerprint density at radius 1 is 0.333 bits per heavy atom. The van der Waals surface area contributed by atoms with Gasteiger partial charge >= 0.3 is 0 Å². The van der Waals surface area contributed by atoms with Crippen molar-refractivity contribution in [2.75, 3.05) is 33.0 Å². The van der Waals surface area contributed by atoms with Crippen LogP contribution in [0.5, 0.6) is 28.7 Å². The molecule has 96 heavy (non-hydrogen) atoms. The van der Waals surface area contributed by atoms with Crippen molar-refractivity contribution in [1.29, 1.82) is 0 Å². The summed E-state index contributed by atoms with van der Waals surface area (Å²) < 4.78 is 58.8. The lowest BCUT2D eigenvalue weighted by Crippen LogP contribution is -2.50. The molecule has 0 radical (unpaired) electrons. The van der Waals surface area contributed by atoms with Crippen molar-refractivity contribution in [2.45, 2.75) is 273 Å². The van der Waals surface area contributed by atoms with Crippen LogP contribution in [-0.2, 0) is 23.7 Å². The molecule has 0 amide bonds. The fraction of sp³-hybridized carbons (Fsp3) is 0.651. The van der Waals surface area contributed by atoms with Gasteiger partial charge in [0.05, 0.1) is 38.6 Å². The molecule has 0 saturated heterocycles. The van der Waals surface area contributed by atoms with E-state index in [9.17, 15) is 0 Å². The van der Waals surface area contributed by atoms with Crippen molar-refractivity contribution in [3.05, 3.63) is 150 Å². The van der Waals surface area contributed by atoms with Gasteiger partial charge in [-0.05, 0) is 297 Å². The SMILES string of the molecule is CCC(C)c1ccc(OC(C)OC2C3CC4CC(C3)CC2C4)cc1.CCC(C)c1ccc(OC(C)OCCC2C3CC4CC(C3)CC2C4)cc1.CCC(C)c1ccc(OC(C)OCCOC2CCCCC2)cc1.CCC(C)c1ccc(OC(C)OCCOc2ccccc2)cc1. The van der Waals surface area contributed by atoms with Crippen LogP contribution in [0.15, 0.2) is 127 Å². The van der Waals surface area contributed by atoms with Gasteiger partial charge in [-0.2, -0.15) is 0 Å². The normalized spacial score (nSPS) is 26.2. The number of rotatable bonds is 32. The van der Waals surface area contributed by atoms with Crippen molar-refractivity contribution >= 4 is 0 Å². The first-order chi connectivity index (χ1) is 46.6. The van der Waals surface area contributed by atoms with Gasteiger partial charge in [0, 0.05) is 0 Å². The van der Waals surface area contributed by atoms with Gasteiger partial charge in [-0.25, -0.2) is 0 Å². The predicted molar refractivity (Wildman–Crippen MR) is 391 cm³/mol. The summed E-state index contributed by atoms with van der Waals surface area (Å²) in [5, 5.41) is 0. The summed E-state index contributed by atoms with van der Waals surface area (Å²) in [7, 11) is 0. The zero-order valence-electron chi connectivity index (χ0n) is 61.4. The Bertz CT molecular complexity index is 2830. The third kappa shape index (κ3) is 23.5. The Morgan fingerprint density at radius 3 is 1.05 bits per heavy atom. The Labute approximate surface area is 581 Å². The van der Waals surface area contributed by atoms with Crippen LogP contribution in [0.1, 0.15) is 257 Å². The first-order valence-corrected chi connectivity index (χ1v) is 38.5. The minimum absolute atomic E-state index is 0.151. The van der Waals surface area contributed by atoms with Crippen molar-refractivity contribution in [3.63, 3.8) is 0 Å². The van der Waals surface area contributed by atoms with Gasteiger partial charge in [0.15, 0.2) is 25.2 Å². The molecule has 10 nitrogen and oxygen atoms in total. The number of hydrogen-bond acceptors (Lipinski definition) is 10. The van der Waals surface area contributed by atoms with Crippen LogP contribution in [0.3, 0.4) is 0 Å². The van der Waals surface area contributed by atoms with Crippen LogP contribution in [0.25, 0.3) is 0 Å². The standard InChI is InChI=1S/C24H36O2.C22H32O2.C20H32O3.C20H26O3/c1-4-16(2)20-5-7-23(8-6-20)26-17(3)25-10-9-24-21-12-18-11-19(14-21)15-22(24)13-18;1-4-14(2)18-5-7-21(8-6-18)23-15(3)24-22-19-10-16-9-17(12-19)13-20(22)11-16;2*1-4-16(2)18-10-12-20(13-11-18)23-17(3)21-14-15-22-19-8-6-5-7-9-19/h5-8,16-19,21-22,24H,4,9-15H2,1-3H3;5-8,14-17,19-20,22H,4,9-13H2,1-3H3;10-13,16-17,19H,4-9,14-15H2,1-3H3;5-13,16-17H,4,14-15H2,1-3H3. The zero-order valence-corrected chi connectivity index (χ0v) is 61.4. The molecule has 0 spiro atoms. The monoisotopic (exact) mass is 1320 g/mol. The van der Waals surface area contributed by atoms with E-state index in [1.165, 1.54) is 138 Å². The van der Waals surface area contributed by atoms with Crippen LogP contribution in [0.4, 0.5) is 0 Å². The molecule has 9 aliphatic rings. The molecule has 14 rings (SSSR count). The maximum Gasteiger partial charge on any atom is 0.197 e. The van der Waals surface area contributed by atoms with E-state index in [0.717, 1.165) is 101 Å². The van der Waals surface area contributed by atoms with Gasteiger partial charge in [-0.15, -0.1) is 0 Å². The highest BCUT2D eigenvalue weighted by molar-refractivity contribution is 5.32. The lowest BCUT2D eigenvalue weighted by atomic mass is 9.51. The Hall–Kier alpha value is -5.10. The van der Waals surface area contributed by atoms with Crippen LogP contribution in [0, 0.1) is 53.3 Å². The molecule has 8 atom stereocenters. The van der Waals surface area contributed by atoms with E-state index >= 15 is 0 Å². The molecule has 0 aliphatic heterocycles. The molecular weight excluding hydrogens is 1190 g/mol. The Morgan fingerprint density at radius 2 is 0.677 bits per heavy atom. The summed E-state index contributed by atoms with van der Waals surface area (Å²) in [6, 6.07) is 43.4. The van der Waals surface area contributed by atoms with Crippen LogP contribution in [-0.4, -0.2) is 70.4 Å². The number of hydrogen-bond donors (Lipinski definition) is 0. The van der Waals surface area contributed by atoms with Gasteiger partial charge in [0.25, 0.3) is 0 Å². The molecule has 8 bridgehead atoms. The van der Waals surface area contributed by atoms with E-state index in [4.69, 9.17) is 47.4 Å². The average Bonchev–Trinajstić information content (AvgIpc) is 0.771. The van der Waals surface area contributed by atoms with E-state index in [-0.39, 0.29) is 25.2 Å². The fourth-order valence-corrected chi connectivity index (χ4v) is 17.1. The van der Waals surface area contributed by atoms with Crippen LogP contribution in [0.2, 0.25) is 0 Å². The second-order valence-corrected chi connectivity index (χ2v) is 30.1. The van der Waals surface area contributed by atoms with Gasteiger partial charge in [-0.3, -0.25) is 0 Å². The highest BCUT2D eigenvalue weighted by atomic mass is 16.7. The van der Waals surface area contributed by atoms with Gasteiger partial charge < -0.3 is 47.4 Å². The van der Waals surface area contributed by atoms with E-state index < -0.39 is 0 Å².